The first-order valence-corrected chi connectivity index (χ1v) is 5.95. The second-order valence-electron chi connectivity index (χ2n) is 4.10. The highest BCUT2D eigenvalue weighted by Gasteiger charge is 2.01. The number of pyridine rings is 1. The minimum atomic E-state index is 0.713. The van der Waals surface area contributed by atoms with Gasteiger partial charge in [0.05, 0.1) is 18.6 Å². The molecule has 0 spiro atoms. The van der Waals surface area contributed by atoms with Crippen LogP contribution in [0.1, 0.15) is 11.4 Å². The molecule has 2 aromatic heterocycles. The Kier molecular flexibility index (Phi) is 4.44. The number of nitrogens with zero attached hydrogens (tertiary/aromatic N) is 3. The summed E-state index contributed by atoms with van der Waals surface area (Å²) in [7, 11) is 1.70. The summed E-state index contributed by atoms with van der Waals surface area (Å²) in [6.45, 7) is 4.27. The normalized spacial score (nSPS) is 10.8. The molecule has 0 fully saturated rings. The third-order valence-electron chi connectivity index (χ3n) is 2.60. The van der Waals surface area contributed by atoms with Crippen LogP contribution in [0, 0.1) is 6.92 Å². The highest BCUT2D eigenvalue weighted by molar-refractivity contribution is 5.32. The SMILES string of the molecule is COCCNCc1cn(-c2ccnc(C)c2)cn1. The summed E-state index contributed by atoms with van der Waals surface area (Å²) in [5, 5.41) is 3.27. The summed E-state index contributed by atoms with van der Waals surface area (Å²) in [6.07, 6.45) is 5.65. The van der Waals surface area contributed by atoms with Crippen molar-refractivity contribution >= 4 is 0 Å². The predicted octanol–water partition coefficient (Wildman–Crippen LogP) is 1.31. The van der Waals surface area contributed by atoms with Crippen molar-refractivity contribution in [3.05, 3.63) is 42.2 Å². The van der Waals surface area contributed by atoms with Crippen LogP contribution in [-0.4, -0.2) is 34.8 Å². The molecule has 5 nitrogen and oxygen atoms in total. The molecule has 0 atom stereocenters. The molecule has 0 aliphatic carbocycles. The minimum absolute atomic E-state index is 0.713. The zero-order chi connectivity index (χ0) is 12.8. The number of aryl methyl sites for hydroxylation is 1. The van der Waals surface area contributed by atoms with E-state index in [1.807, 2.05) is 36.1 Å². The molecule has 0 unspecified atom stereocenters. The maximum Gasteiger partial charge on any atom is 0.0995 e. The molecular formula is C13H18N4O. The number of hydrogen-bond acceptors (Lipinski definition) is 4. The van der Waals surface area contributed by atoms with Crippen molar-refractivity contribution in [3.63, 3.8) is 0 Å². The Bertz CT molecular complexity index is 495. The summed E-state index contributed by atoms with van der Waals surface area (Å²) in [5.41, 5.74) is 3.10. The van der Waals surface area contributed by atoms with Gasteiger partial charge in [0.2, 0.25) is 0 Å². The van der Waals surface area contributed by atoms with Gasteiger partial charge in [0.1, 0.15) is 0 Å². The fourth-order valence-electron chi connectivity index (χ4n) is 1.68. The van der Waals surface area contributed by atoms with Crippen LogP contribution >= 0.6 is 0 Å². The average Bonchev–Trinajstić information content (AvgIpc) is 2.83. The van der Waals surface area contributed by atoms with Crippen LogP contribution in [0.4, 0.5) is 0 Å². The molecule has 96 valence electrons. The number of nitrogens with one attached hydrogen (secondary N) is 1. The summed E-state index contributed by atoms with van der Waals surface area (Å²) < 4.78 is 6.97. The molecule has 0 aliphatic rings. The molecular weight excluding hydrogens is 228 g/mol. The van der Waals surface area contributed by atoms with Crippen LogP contribution in [0.3, 0.4) is 0 Å². The highest BCUT2D eigenvalue weighted by Crippen LogP contribution is 2.08. The van der Waals surface area contributed by atoms with E-state index in [0.29, 0.717) is 6.61 Å². The quantitative estimate of drug-likeness (QED) is 0.781. The number of imidazole rings is 1. The Morgan fingerprint density at radius 2 is 2.28 bits per heavy atom. The number of methoxy groups -OCH3 is 1. The van der Waals surface area contributed by atoms with E-state index in [9.17, 15) is 0 Å². The lowest BCUT2D eigenvalue weighted by Crippen LogP contribution is -2.18. The first-order valence-electron chi connectivity index (χ1n) is 5.95. The van der Waals surface area contributed by atoms with Crippen molar-refractivity contribution in [2.24, 2.45) is 0 Å². The Morgan fingerprint density at radius 1 is 1.39 bits per heavy atom. The Labute approximate surface area is 107 Å². The number of aromatic nitrogens is 3. The summed E-state index contributed by atoms with van der Waals surface area (Å²) in [4.78, 5) is 8.54. The monoisotopic (exact) mass is 246 g/mol. The first-order chi connectivity index (χ1) is 8.79. The third kappa shape index (κ3) is 3.38. The average molecular weight is 246 g/mol. The number of ether oxygens (including phenoxy) is 1. The predicted molar refractivity (Wildman–Crippen MR) is 69.7 cm³/mol. The molecule has 0 radical (unpaired) electrons. The first kappa shape index (κ1) is 12.7. The molecule has 0 aliphatic heterocycles. The second kappa shape index (κ2) is 6.28. The van der Waals surface area contributed by atoms with Gasteiger partial charge in [-0.15, -0.1) is 0 Å². The van der Waals surface area contributed by atoms with Crippen molar-refractivity contribution in [1.29, 1.82) is 0 Å². The molecule has 0 saturated heterocycles. The molecule has 0 bridgehead atoms. The maximum atomic E-state index is 4.97. The zero-order valence-corrected chi connectivity index (χ0v) is 10.8. The van der Waals surface area contributed by atoms with E-state index in [1.165, 1.54) is 0 Å². The fourth-order valence-corrected chi connectivity index (χ4v) is 1.68. The highest BCUT2D eigenvalue weighted by atomic mass is 16.5. The van der Waals surface area contributed by atoms with Gasteiger partial charge in [-0.1, -0.05) is 0 Å². The van der Waals surface area contributed by atoms with Crippen LogP contribution in [-0.2, 0) is 11.3 Å². The van der Waals surface area contributed by atoms with E-state index < -0.39 is 0 Å². The van der Waals surface area contributed by atoms with Crippen LogP contribution < -0.4 is 5.32 Å². The molecule has 2 aromatic rings. The van der Waals surface area contributed by atoms with Gasteiger partial charge in [-0.25, -0.2) is 4.98 Å². The minimum Gasteiger partial charge on any atom is -0.383 e. The van der Waals surface area contributed by atoms with Gasteiger partial charge in [-0.3, -0.25) is 4.98 Å². The fraction of sp³-hybridized carbons (Fsp3) is 0.385. The van der Waals surface area contributed by atoms with Gasteiger partial charge < -0.3 is 14.6 Å². The smallest absolute Gasteiger partial charge is 0.0995 e. The summed E-state index contributed by atoms with van der Waals surface area (Å²) in [5.74, 6) is 0. The van der Waals surface area contributed by atoms with Crippen LogP contribution in [0.25, 0.3) is 5.69 Å². The molecule has 1 N–H and O–H groups in total. The van der Waals surface area contributed by atoms with Crippen LogP contribution in [0.2, 0.25) is 0 Å². The molecule has 0 amide bonds. The van der Waals surface area contributed by atoms with E-state index in [1.54, 1.807) is 13.3 Å². The Hall–Kier alpha value is -1.72. The van der Waals surface area contributed by atoms with E-state index in [2.05, 4.69) is 15.3 Å². The van der Waals surface area contributed by atoms with E-state index in [4.69, 9.17) is 4.74 Å². The van der Waals surface area contributed by atoms with Gasteiger partial charge in [0.25, 0.3) is 0 Å². The van der Waals surface area contributed by atoms with E-state index in [0.717, 1.165) is 30.2 Å². The largest absolute Gasteiger partial charge is 0.383 e. The van der Waals surface area contributed by atoms with Gasteiger partial charge in [0, 0.05) is 44.0 Å². The number of hydrogen-bond donors (Lipinski definition) is 1. The lowest BCUT2D eigenvalue weighted by molar-refractivity contribution is 0.199. The molecule has 18 heavy (non-hydrogen) atoms. The van der Waals surface area contributed by atoms with Gasteiger partial charge >= 0.3 is 0 Å². The van der Waals surface area contributed by atoms with Crippen molar-refractivity contribution in [3.8, 4) is 5.69 Å². The summed E-state index contributed by atoms with van der Waals surface area (Å²) >= 11 is 0. The maximum absolute atomic E-state index is 4.97. The van der Waals surface area contributed by atoms with Gasteiger partial charge in [0.15, 0.2) is 0 Å². The van der Waals surface area contributed by atoms with Gasteiger partial charge in [-0.2, -0.15) is 0 Å². The van der Waals surface area contributed by atoms with Crippen LogP contribution in [0.15, 0.2) is 30.9 Å². The van der Waals surface area contributed by atoms with Crippen molar-refractivity contribution in [1.82, 2.24) is 19.9 Å². The summed E-state index contributed by atoms with van der Waals surface area (Å²) in [6, 6.07) is 4.00. The van der Waals surface area contributed by atoms with E-state index >= 15 is 0 Å². The lowest BCUT2D eigenvalue weighted by Gasteiger charge is -2.02. The molecule has 2 rings (SSSR count). The standard InChI is InChI=1S/C13H18N4O/c1-11-7-13(3-4-15-11)17-9-12(16-10-17)8-14-5-6-18-2/h3-4,7,9-10,14H,5-6,8H2,1-2H3. The lowest BCUT2D eigenvalue weighted by atomic mass is 10.3. The van der Waals surface area contributed by atoms with Crippen molar-refractivity contribution < 1.29 is 4.74 Å². The third-order valence-corrected chi connectivity index (χ3v) is 2.60. The van der Waals surface area contributed by atoms with Crippen LogP contribution in [0.5, 0.6) is 0 Å². The molecule has 2 heterocycles. The van der Waals surface area contributed by atoms with Crippen molar-refractivity contribution in [2.75, 3.05) is 20.3 Å². The van der Waals surface area contributed by atoms with E-state index in [-0.39, 0.29) is 0 Å². The zero-order valence-electron chi connectivity index (χ0n) is 10.8. The molecule has 0 aromatic carbocycles. The molecule has 0 saturated carbocycles. The van der Waals surface area contributed by atoms with Crippen molar-refractivity contribution in [2.45, 2.75) is 13.5 Å². The Balaban J connectivity index is 1.97. The second-order valence-corrected chi connectivity index (χ2v) is 4.10. The van der Waals surface area contributed by atoms with Gasteiger partial charge in [-0.05, 0) is 19.1 Å². The molecule has 5 heteroatoms. The number of rotatable bonds is 6. The Morgan fingerprint density at radius 3 is 3.06 bits per heavy atom. The topological polar surface area (TPSA) is 52.0 Å².